The molecule has 3 rings (SSSR count). The first-order valence-electron chi connectivity index (χ1n) is 7.55. The molecule has 128 valence electrons. The average molecular weight is 356 g/mol. The smallest absolute Gasteiger partial charge is 0.271 e. The summed E-state index contributed by atoms with van der Waals surface area (Å²) < 4.78 is 22.4. The van der Waals surface area contributed by atoms with E-state index in [0.717, 1.165) is 11.1 Å². The van der Waals surface area contributed by atoms with Gasteiger partial charge in [-0.3, -0.25) is 9.78 Å². The fraction of sp³-hybridized carbons (Fsp3) is 0.118. The van der Waals surface area contributed by atoms with Crippen LogP contribution in [-0.2, 0) is 16.4 Å². The molecule has 8 heteroatoms. The Bertz CT molecular complexity index is 1020. The van der Waals surface area contributed by atoms with Gasteiger partial charge in [-0.2, -0.15) is 0 Å². The van der Waals surface area contributed by atoms with Crippen LogP contribution >= 0.6 is 0 Å². The van der Waals surface area contributed by atoms with Gasteiger partial charge in [0.15, 0.2) is 0 Å². The number of hydrogen-bond acceptors (Lipinski definition) is 5. The van der Waals surface area contributed by atoms with Crippen LogP contribution in [0.5, 0.6) is 0 Å². The summed E-state index contributed by atoms with van der Waals surface area (Å²) in [5.41, 5.74) is 2.53. The second-order valence-electron chi connectivity index (χ2n) is 5.44. The van der Waals surface area contributed by atoms with E-state index >= 15 is 0 Å². The maximum atomic E-state index is 12.2. The van der Waals surface area contributed by atoms with E-state index in [1.807, 2.05) is 18.2 Å². The van der Waals surface area contributed by atoms with Gasteiger partial charge >= 0.3 is 0 Å². The van der Waals surface area contributed by atoms with Crippen molar-refractivity contribution < 1.29 is 13.2 Å². The van der Waals surface area contributed by atoms with Crippen LogP contribution in [0.25, 0.3) is 11.0 Å². The molecule has 25 heavy (non-hydrogen) atoms. The SMILES string of the molecule is NS(=O)(=O)c1ccc(CCNC(=O)c2cnc3ccccc3n2)cc1. The molecule has 0 aliphatic rings. The highest BCUT2D eigenvalue weighted by Gasteiger charge is 2.09. The second-order valence-corrected chi connectivity index (χ2v) is 7.00. The van der Waals surface area contributed by atoms with Crippen molar-refractivity contribution in [2.75, 3.05) is 6.54 Å². The van der Waals surface area contributed by atoms with Crippen LogP contribution in [-0.4, -0.2) is 30.8 Å². The number of nitrogens with two attached hydrogens (primary N) is 1. The zero-order valence-electron chi connectivity index (χ0n) is 13.2. The number of para-hydroxylation sites is 2. The van der Waals surface area contributed by atoms with Crippen molar-refractivity contribution >= 4 is 27.0 Å². The lowest BCUT2D eigenvalue weighted by Gasteiger charge is -2.06. The fourth-order valence-electron chi connectivity index (χ4n) is 2.32. The van der Waals surface area contributed by atoms with Crippen molar-refractivity contribution in [3.05, 3.63) is 66.0 Å². The normalized spacial score (nSPS) is 11.4. The second kappa shape index (κ2) is 6.96. The molecule has 0 fully saturated rings. The van der Waals surface area contributed by atoms with Crippen LogP contribution in [0, 0.1) is 0 Å². The third-order valence-corrected chi connectivity index (χ3v) is 4.56. The predicted molar refractivity (Wildman–Crippen MR) is 93.4 cm³/mol. The maximum absolute atomic E-state index is 12.2. The molecule has 3 aromatic rings. The van der Waals surface area contributed by atoms with Gasteiger partial charge in [0.1, 0.15) is 5.69 Å². The Balaban J connectivity index is 1.60. The summed E-state index contributed by atoms with van der Waals surface area (Å²) in [7, 11) is -3.69. The topological polar surface area (TPSA) is 115 Å². The number of carbonyl (C=O) groups excluding carboxylic acids is 1. The van der Waals surface area contributed by atoms with Gasteiger partial charge in [-0.25, -0.2) is 18.5 Å². The van der Waals surface area contributed by atoms with E-state index in [1.54, 1.807) is 18.2 Å². The van der Waals surface area contributed by atoms with Crippen LogP contribution in [0.2, 0.25) is 0 Å². The van der Waals surface area contributed by atoms with Gasteiger partial charge in [0.2, 0.25) is 10.0 Å². The Morgan fingerprint density at radius 1 is 1.04 bits per heavy atom. The lowest BCUT2D eigenvalue weighted by atomic mass is 10.1. The molecule has 1 heterocycles. The van der Waals surface area contributed by atoms with Crippen LogP contribution < -0.4 is 10.5 Å². The van der Waals surface area contributed by atoms with E-state index < -0.39 is 10.0 Å². The number of nitrogens with one attached hydrogen (secondary N) is 1. The monoisotopic (exact) mass is 356 g/mol. The van der Waals surface area contributed by atoms with Crippen molar-refractivity contribution in [3.63, 3.8) is 0 Å². The van der Waals surface area contributed by atoms with Gasteiger partial charge in [0.05, 0.1) is 22.1 Å². The minimum absolute atomic E-state index is 0.0618. The molecule has 0 atom stereocenters. The molecule has 0 saturated heterocycles. The first-order valence-corrected chi connectivity index (χ1v) is 9.10. The quantitative estimate of drug-likeness (QED) is 0.714. The van der Waals surface area contributed by atoms with E-state index in [4.69, 9.17) is 5.14 Å². The minimum atomic E-state index is -3.69. The van der Waals surface area contributed by atoms with E-state index in [2.05, 4.69) is 15.3 Å². The van der Waals surface area contributed by atoms with E-state index in [1.165, 1.54) is 18.3 Å². The number of aromatic nitrogens is 2. The highest BCUT2D eigenvalue weighted by atomic mass is 32.2. The van der Waals surface area contributed by atoms with Crippen LogP contribution in [0.4, 0.5) is 0 Å². The third-order valence-electron chi connectivity index (χ3n) is 3.63. The summed E-state index contributed by atoms with van der Waals surface area (Å²) in [5, 5.41) is 7.83. The first kappa shape index (κ1) is 17.0. The van der Waals surface area contributed by atoms with E-state index in [9.17, 15) is 13.2 Å². The lowest BCUT2D eigenvalue weighted by molar-refractivity contribution is 0.0949. The van der Waals surface area contributed by atoms with Gasteiger partial charge in [-0.15, -0.1) is 0 Å². The molecule has 0 aliphatic carbocycles. The van der Waals surface area contributed by atoms with Gasteiger partial charge in [0.25, 0.3) is 5.91 Å². The third kappa shape index (κ3) is 4.17. The summed E-state index contributed by atoms with van der Waals surface area (Å²) in [6.07, 6.45) is 2.00. The van der Waals surface area contributed by atoms with Gasteiger partial charge in [0, 0.05) is 6.54 Å². The van der Waals surface area contributed by atoms with Gasteiger partial charge in [-0.1, -0.05) is 24.3 Å². The highest BCUT2D eigenvalue weighted by molar-refractivity contribution is 7.89. The van der Waals surface area contributed by atoms with Crippen molar-refractivity contribution in [1.29, 1.82) is 0 Å². The molecule has 7 nitrogen and oxygen atoms in total. The number of benzene rings is 2. The Morgan fingerprint density at radius 2 is 1.72 bits per heavy atom. The first-order chi connectivity index (χ1) is 11.9. The van der Waals surface area contributed by atoms with Crippen molar-refractivity contribution in [1.82, 2.24) is 15.3 Å². The Hall–Kier alpha value is -2.84. The summed E-state index contributed by atoms with van der Waals surface area (Å²) in [5.74, 6) is -0.306. The molecule has 0 bridgehead atoms. The number of primary sulfonamides is 1. The highest BCUT2D eigenvalue weighted by Crippen LogP contribution is 2.10. The average Bonchev–Trinajstić information content (AvgIpc) is 2.61. The van der Waals surface area contributed by atoms with Crippen molar-refractivity contribution in [2.45, 2.75) is 11.3 Å². The lowest BCUT2D eigenvalue weighted by Crippen LogP contribution is -2.26. The zero-order chi connectivity index (χ0) is 17.9. The van der Waals surface area contributed by atoms with Crippen molar-refractivity contribution in [3.8, 4) is 0 Å². The molecule has 2 aromatic carbocycles. The largest absolute Gasteiger partial charge is 0.350 e. The summed E-state index contributed by atoms with van der Waals surface area (Å²) in [6.45, 7) is 0.391. The molecule has 3 N–H and O–H groups in total. The standard InChI is InChI=1S/C17H16N4O3S/c18-25(23,24)13-7-5-12(6-8-13)9-10-19-17(22)16-11-20-14-3-1-2-4-15(14)21-16/h1-8,11H,9-10H2,(H,19,22)(H2,18,23,24). The number of sulfonamides is 1. The van der Waals surface area contributed by atoms with Gasteiger partial charge in [-0.05, 0) is 36.2 Å². The number of amides is 1. The number of carbonyl (C=O) groups is 1. The fourth-order valence-corrected chi connectivity index (χ4v) is 2.84. The van der Waals surface area contributed by atoms with E-state index in [0.29, 0.717) is 18.5 Å². The molecule has 0 saturated carbocycles. The maximum Gasteiger partial charge on any atom is 0.271 e. The molecule has 1 amide bonds. The molecule has 0 spiro atoms. The van der Waals surface area contributed by atoms with E-state index in [-0.39, 0.29) is 16.5 Å². The summed E-state index contributed by atoms with van der Waals surface area (Å²) in [4.78, 5) is 20.7. The van der Waals surface area contributed by atoms with Crippen molar-refractivity contribution in [2.24, 2.45) is 5.14 Å². The zero-order valence-corrected chi connectivity index (χ0v) is 14.0. The van der Waals surface area contributed by atoms with Crippen LogP contribution in [0.15, 0.2) is 59.6 Å². The molecule has 1 aromatic heterocycles. The Morgan fingerprint density at radius 3 is 2.40 bits per heavy atom. The summed E-state index contributed by atoms with van der Waals surface area (Å²) >= 11 is 0. The molecule has 0 aliphatic heterocycles. The Kier molecular flexibility index (Phi) is 4.73. The predicted octanol–water partition coefficient (Wildman–Crippen LogP) is 1.25. The minimum Gasteiger partial charge on any atom is -0.350 e. The van der Waals surface area contributed by atoms with Crippen LogP contribution in [0.3, 0.4) is 0 Å². The van der Waals surface area contributed by atoms with Crippen LogP contribution in [0.1, 0.15) is 16.1 Å². The number of nitrogens with zero attached hydrogens (tertiary/aromatic N) is 2. The number of fused-ring (bicyclic) bond motifs is 1. The number of hydrogen-bond donors (Lipinski definition) is 2. The molecule has 0 unspecified atom stereocenters. The molecule has 0 radical (unpaired) electrons. The number of rotatable bonds is 5. The van der Waals surface area contributed by atoms with Gasteiger partial charge < -0.3 is 5.32 Å². The summed E-state index contributed by atoms with van der Waals surface area (Å²) in [6, 6.07) is 13.6. The Labute approximate surface area is 145 Å². The molecular formula is C17H16N4O3S. The molecular weight excluding hydrogens is 340 g/mol.